The first kappa shape index (κ1) is 22.1. The van der Waals surface area contributed by atoms with Crippen LogP contribution in [0.5, 0.6) is 0 Å². The lowest BCUT2D eigenvalue weighted by molar-refractivity contribution is -0.146. The van der Waals surface area contributed by atoms with E-state index in [1.165, 1.54) is 22.6 Å². The Hall–Kier alpha value is -2.15. The molecular weight excluding hydrogens is 412 g/mol. The van der Waals surface area contributed by atoms with Gasteiger partial charge in [0.15, 0.2) is 0 Å². The molecule has 3 aliphatic rings. The Balaban J connectivity index is 1.59. The summed E-state index contributed by atoms with van der Waals surface area (Å²) in [4.78, 5) is 39.2. The van der Waals surface area contributed by atoms with Crippen LogP contribution in [0.25, 0.3) is 0 Å². The number of rotatable bonds is 5. The zero-order valence-electron chi connectivity index (χ0n) is 18.1. The second-order valence-corrected chi connectivity index (χ2v) is 10.5. The van der Waals surface area contributed by atoms with Gasteiger partial charge in [-0.1, -0.05) is 38.3 Å². The van der Waals surface area contributed by atoms with Gasteiger partial charge in [-0.05, 0) is 56.4 Å². The van der Waals surface area contributed by atoms with Gasteiger partial charge >= 0.3 is 5.97 Å². The van der Waals surface area contributed by atoms with Crippen molar-refractivity contribution in [2.24, 2.45) is 17.8 Å². The van der Waals surface area contributed by atoms with Crippen molar-refractivity contribution in [3.05, 3.63) is 28.2 Å². The maximum atomic E-state index is 13.3. The van der Waals surface area contributed by atoms with Gasteiger partial charge in [-0.25, -0.2) is 0 Å². The molecule has 0 radical (unpaired) electrons. The summed E-state index contributed by atoms with van der Waals surface area (Å²) >= 11 is 1.50. The second-order valence-electron chi connectivity index (χ2n) is 9.35. The third-order valence-electron chi connectivity index (χ3n) is 7.00. The van der Waals surface area contributed by atoms with Gasteiger partial charge in [0.25, 0.3) is 5.91 Å². The van der Waals surface area contributed by atoms with Crippen LogP contribution in [0.2, 0.25) is 0 Å². The average molecular weight is 445 g/mol. The maximum Gasteiger partial charge on any atom is 0.307 e. The van der Waals surface area contributed by atoms with Crippen molar-refractivity contribution in [1.29, 1.82) is 0 Å². The zero-order valence-corrected chi connectivity index (χ0v) is 18.9. The van der Waals surface area contributed by atoms with Crippen molar-refractivity contribution < 1.29 is 19.5 Å². The lowest BCUT2D eigenvalue weighted by Crippen LogP contribution is -2.38. The Morgan fingerprint density at radius 1 is 1.03 bits per heavy atom. The van der Waals surface area contributed by atoms with Crippen LogP contribution in [0.15, 0.2) is 12.2 Å². The van der Waals surface area contributed by atoms with Gasteiger partial charge in [-0.2, -0.15) is 0 Å². The molecule has 1 aromatic rings. The molecule has 31 heavy (non-hydrogen) atoms. The highest BCUT2D eigenvalue weighted by atomic mass is 32.1. The number of amides is 2. The van der Waals surface area contributed by atoms with Gasteiger partial charge in [0.2, 0.25) is 5.91 Å². The minimum Gasteiger partial charge on any atom is -0.481 e. The standard InChI is InChI=1S/C24H32N2O4S/c1-14-11-12-18-19(13-14)31-23(20(18)22(28)25-15-7-3-2-4-8-15)26-21(27)16-9-5-6-10-17(16)24(29)30/h5-6,14-17H,2-4,7-13H2,1H3,(H,25,28)(H,26,27)(H,29,30). The third kappa shape index (κ3) is 4.86. The summed E-state index contributed by atoms with van der Waals surface area (Å²) < 4.78 is 0. The molecule has 0 aliphatic heterocycles. The first-order valence-electron chi connectivity index (χ1n) is 11.6. The molecule has 7 heteroatoms. The van der Waals surface area contributed by atoms with Gasteiger partial charge in [-0.15, -0.1) is 11.3 Å². The van der Waals surface area contributed by atoms with Gasteiger partial charge < -0.3 is 15.7 Å². The van der Waals surface area contributed by atoms with E-state index in [9.17, 15) is 19.5 Å². The summed E-state index contributed by atoms with van der Waals surface area (Å²) in [7, 11) is 0. The van der Waals surface area contributed by atoms with E-state index in [0.29, 0.717) is 29.3 Å². The fourth-order valence-corrected chi connectivity index (χ4v) is 6.58. The number of hydrogen-bond acceptors (Lipinski definition) is 4. The molecule has 1 fully saturated rings. The number of carbonyl (C=O) groups excluding carboxylic acids is 2. The first-order valence-corrected chi connectivity index (χ1v) is 12.4. The molecule has 1 saturated carbocycles. The molecule has 0 saturated heterocycles. The molecule has 3 aliphatic carbocycles. The highest BCUT2D eigenvalue weighted by Crippen LogP contribution is 2.40. The number of nitrogens with one attached hydrogen (secondary N) is 2. The number of carboxylic acids is 1. The highest BCUT2D eigenvalue weighted by Gasteiger charge is 2.36. The van der Waals surface area contributed by atoms with Crippen LogP contribution in [0, 0.1) is 17.8 Å². The normalized spacial score (nSPS) is 26.2. The quantitative estimate of drug-likeness (QED) is 0.581. The highest BCUT2D eigenvalue weighted by molar-refractivity contribution is 7.17. The Bertz CT molecular complexity index is 884. The van der Waals surface area contributed by atoms with Crippen molar-refractivity contribution in [3.63, 3.8) is 0 Å². The summed E-state index contributed by atoms with van der Waals surface area (Å²) in [5.41, 5.74) is 1.69. The molecule has 1 aromatic heterocycles. The smallest absolute Gasteiger partial charge is 0.307 e. The van der Waals surface area contributed by atoms with Gasteiger partial charge in [-0.3, -0.25) is 14.4 Å². The molecule has 2 amide bonds. The van der Waals surface area contributed by atoms with Crippen molar-refractivity contribution >= 4 is 34.1 Å². The number of carboxylic acid groups (broad SMARTS) is 1. The van der Waals surface area contributed by atoms with Crippen molar-refractivity contribution in [2.45, 2.75) is 77.2 Å². The van der Waals surface area contributed by atoms with E-state index in [-0.39, 0.29) is 17.9 Å². The molecule has 3 N–H and O–H groups in total. The second kappa shape index (κ2) is 9.55. The van der Waals surface area contributed by atoms with Crippen LogP contribution in [0.1, 0.15) is 79.1 Å². The number of allylic oxidation sites excluding steroid dienone is 2. The fraction of sp³-hybridized carbons (Fsp3) is 0.625. The van der Waals surface area contributed by atoms with E-state index >= 15 is 0 Å². The molecule has 4 rings (SSSR count). The molecule has 3 unspecified atom stereocenters. The molecular formula is C24H32N2O4S. The molecule has 168 valence electrons. The largest absolute Gasteiger partial charge is 0.481 e. The predicted molar refractivity (Wildman–Crippen MR) is 121 cm³/mol. The van der Waals surface area contributed by atoms with Gasteiger partial charge in [0, 0.05) is 10.9 Å². The van der Waals surface area contributed by atoms with Gasteiger partial charge in [0.05, 0.1) is 17.4 Å². The average Bonchev–Trinajstić information content (AvgIpc) is 3.11. The van der Waals surface area contributed by atoms with Crippen LogP contribution >= 0.6 is 11.3 Å². The maximum absolute atomic E-state index is 13.3. The molecule has 1 heterocycles. The molecule has 3 atom stereocenters. The van der Waals surface area contributed by atoms with E-state index in [2.05, 4.69) is 17.6 Å². The number of aliphatic carboxylic acids is 1. The Morgan fingerprint density at radius 3 is 2.45 bits per heavy atom. The summed E-state index contributed by atoms with van der Waals surface area (Å²) in [5.74, 6) is -2.11. The summed E-state index contributed by atoms with van der Waals surface area (Å²) in [6, 6.07) is 0.197. The third-order valence-corrected chi connectivity index (χ3v) is 8.17. The van der Waals surface area contributed by atoms with Crippen LogP contribution in [-0.4, -0.2) is 28.9 Å². The minimum absolute atomic E-state index is 0.0902. The number of hydrogen-bond donors (Lipinski definition) is 3. The zero-order chi connectivity index (χ0) is 22.0. The van der Waals surface area contributed by atoms with Gasteiger partial charge in [0.1, 0.15) is 5.00 Å². The molecule has 0 spiro atoms. The molecule has 0 aromatic carbocycles. The topological polar surface area (TPSA) is 95.5 Å². The van der Waals surface area contributed by atoms with E-state index in [0.717, 1.165) is 50.5 Å². The number of anilines is 1. The summed E-state index contributed by atoms with van der Waals surface area (Å²) in [6.45, 7) is 2.22. The van der Waals surface area contributed by atoms with Crippen LogP contribution in [0.3, 0.4) is 0 Å². The fourth-order valence-electron chi connectivity index (χ4n) is 5.17. The predicted octanol–water partition coefficient (Wildman–Crippen LogP) is 4.54. The SMILES string of the molecule is CC1CCc2c(sc(NC(=O)C3CC=CCC3C(=O)O)c2C(=O)NC2CCCCC2)C1. The van der Waals surface area contributed by atoms with Crippen LogP contribution in [0.4, 0.5) is 5.00 Å². The molecule has 6 nitrogen and oxygen atoms in total. The van der Waals surface area contributed by atoms with Crippen molar-refractivity contribution in [2.75, 3.05) is 5.32 Å². The van der Waals surface area contributed by atoms with E-state index < -0.39 is 17.8 Å². The van der Waals surface area contributed by atoms with Crippen molar-refractivity contribution in [3.8, 4) is 0 Å². The lowest BCUT2D eigenvalue weighted by atomic mass is 9.82. The van der Waals surface area contributed by atoms with E-state index in [1.807, 2.05) is 12.2 Å². The van der Waals surface area contributed by atoms with E-state index in [1.54, 1.807) is 0 Å². The van der Waals surface area contributed by atoms with Crippen LogP contribution in [-0.2, 0) is 22.4 Å². The minimum atomic E-state index is -0.945. The Kier molecular flexibility index (Phi) is 6.80. The summed E-state index contributed by atoms with van der Waals surface area (Å²) in [6.07, 6.45) is 12.8. The van der Waals surface area contributed by atoms with E-state index in [4.69, 9.17) is 0 Å². The lowest BCUT2D eigenvalue weighted by Gasteiger charge is -2.25. The Labute approximate surface area is 187 Å². The first-order chi connectivity index (χ1) is 14.9. The number of carbonyl (C=O) groups is 3. The monoisotopic (exact) mass is 444 g/mol. The Morgan fingerprint density at radius 2 is 1.74 bits per heavy atom. The van der Waals surface area contributed by atoms with Crippen molar-refractivity contribution in [1.82, 2.24) is 5.32 Å². The molecule has 0 bridgehead atoms. The van der Waals surface area contributed by atoms with Crippen LogP contribution < -0.4 is 10.6 Å². The summed E-state index contributed by atoms with van der Waals surface area (Å²) in [5, 5.41) is 16.3. The number of fused-ring (bicyclic) bond motifs is 1. The number of thiophene rings is 1.